The number of benzene rings is 3. The van der Waals surface area contributed by atoms with Crippen molar-refractivity contribution in [3.63, 3.8) is 0 Å². The van der Waals surface area contributed by atoms with Crippen molar-refractivity contribution in [1.82, 2.24) is 15.0 Å². The summed E-state index contributed by atoms with van der Waals surface area (Å²) < 4.78 is 15.4. The van der Waals surface area contributed by atoms with Crippen molar-refractivity contribution in [1.29, 1.82) is 0 Å². The van der Waals surface area contributed by atoms with E-state index in [1.807, 2.05) is 58.2 Å². The van der Waals surface area contributed by atoms with E-state index in [0.29, 0.717) is 25.9 Å². The van der Waals surface area contributed by atoms with Crippen molar-refractivity contribution in [3.05, 3.63) is 100 Å². The molecule has 3 aromatic carbocycles. The molecule has 8 nitrogen and oxygen atoms in total. The minimum absolute atomic E-state index is 0.0000261. The highest BCUT2D eigenvalue weighted by atomic mass is 79.9. The molecule has 3 heterocycles. The predicted molar refractivity (Wildman–Crippen MR) is 177 cm³/mol. The Bertz CT molecular complexity index is 1630. The number of aryl methyl sites for hydroxylation is 1. The number of methoxy groups -OCH3 is 1. The molecule has 4 atom stereocenters. The number of carbonyl (C=O) groups excluding carboxylic acids is 1. The quantitative estimate of drug-likeness (QED) is 0.226. The van der Waals surface area contributed by atoms with Crippen molar-refractivity contribution in [2.24, 2.45) is 5.92 Å². The second-order valence-corrected chi connectivity index (χ2v) is 18.0. The predicted octanol–water partition coefficient (Wildman–Crippen LogP) is 5.44. The highest BCUT2D eigenvalue weighted by Crippen LogP contribution is 2.60. The summed E-state index contributed by atoms with van der Waals surface area (Å²) in [7, 11) is -0.566. The van der Waals surface area contributed by atoms with Crippen LogP contribution >= 0.6 is 15.9 Å². The molecular weight excluding hydrogens is 636 g/mol. The third kappa shape index (κ3) is 5.31. The average molecular weight is 676 g/mol. The molecule has 6 rings (SSSR count). The Morgan fingerprint density at radius 3 is 2.55 bits per heavy atom. The van der Waals surface area contributed by atoms with Gasteiger partial charge in [-0.3, -0.25) is 9.48 Å². The number of nitrogens with zero attached hydrogens (tertiary/aromatic N) is 4. The number of rotatable bonds is 10. The molecule has 230 valence electrons. The fourth-order valence-electron chi connectivity index (χ4n) is 7.42. The SMILES string of the molecule is COc1ccc([Si](C)(C)[C@H]2[C@H](CCn3cc(CCO)nn3)O[C@@]3(C(=O)N(Cc4ccccc4)c4ccc(Br)cc43)[C@@H]2C)cc1. The molecule has 1 saturated heterocycles. The Labute approximate surface area is 268 Å². The first-order valence-corrected chi connectivity index (χ1v) is 19.0. The summed E-state index contributed by atoms with van der Waals surface area (Å²) >= 11 is 3.69. The van der Waals surface area contributed by atoms with Crippen LogP contribution in [0.2, 0.25) is 18.6 Å². The van der Waals surface area contributed by atoms with Gasteiger partial charge in [0, 0.05) is 41.7 Å². The number of amides is 1. The van der Waals surface area contributed by atoms with E-state index in [1.165, 1.54) is 5.19 Å². The summed E-state index contributed by atoms with van der Waals surface area (Å²) in [6.07, 6.45) is 2.85. The number of hydrogen-bond acceptors (Lipinski definition) is 6. The van der Waals surface area contributed by atoms with E-state index in [9.17, 15) is 9.90 Å². The molecule has 2 aliphatic heterocycles. The third-order valence-electron chi connectivity index (χ3n) is 9.58. The Kier molecular flexibility index (Phi) is 8.53. The standard InChI is InChI=1S/C34H39BrN4O4Si/c1-23-32(44(3,4)28-13-11-27(42-2)12-14-28)31(16-18-38-22-26(17-19-40)36-37-38)43-34(23)29-20-25(35)10-15-30(29)39(33(34)41)21-24-8-6-5-7-9-24/h5-15,20,22-23,31-32,40H,16-19,21H2,1-4H3/t23-,31+,32-,34+/m1/s1. The zero-order chi connectivity index (χ0) is 31.1. The highest BCUT2D eigenvalue weighted by molar-refractivity contribution is 9.10. The van der Waals surface area contributed by atoms with Gasteiger partial charge in [0.2, 0.25) is 0 Å². The molecule has 0 unspecified atom stereocenters. The number of fused-ring (bicyclic) bond motifs is 2. The molecule has 1 N–H and O–H groups in total. The Balaban J connectivity index is 1.42. The van der Waals surface area contributed by atoms with Crippen LogP contribution in [-0.4, -0.2) is 53.9 Å². The van der Waals surface area contributed by atoms with Crippen molar-refractivity contribution in [2.75, 3.05) is 18.6 Å². The summed E-state index contributed by atoms with van der Waals surface area (Å²) in [4.78, 5) is 16.7. The van der Waals surface area contributed by atoms with Gasteiger partial charge in [-0.2, -0.15) is 0 Å². The fraction of sp³-hybridized carbons (Fsp3) is 0.382. The maximum Gasteiger partial charge on any atom is 0.264 e. The van der Waals surface area contributed by atoms with Crippen molar-refractivity contribution in [3.8, 4) is 5.75 Å². The molecule has 1 spiro atoms. The van der Waals surface area contributed by atoms with Crippen molar-refractivity contribution >= 4 is 40.8 Å². The minimum Gasteiger partial charge on any atom is -0.497 e. The van der Waals surface area contributed by atoms with Gasteiger partial charge in [0.25, 0.3) is 5.91 Å². The van der Waals surface area contributed by atoms with Crippen LogP contribution in [0.5, 0.6) is 5.75 Å². The summed E-state index contributed by atoms with van der Waals surface area (Å²) in [6, 6.07) is 24.7. The van der Waals surface area contributed by atoms with Gasteiger partial charge in [0.1, 0.15) is 5.75 Å². The molecule has 2 aliphatic rings. The van der Waals surface area contributed by atoms with Gasteiger partial charge in [-0.05, 0) is 47.9 Å². The van der Waals surface area contributed by atoms with E-state index in [1.54, 1.807) is 7.11 Å². The molecule has 1 amide bonds. The number of aliphatic hydroxyl groups is 1. The molecule has 0 radical (unpaired) electrons. The zero-order valence-corrected chi connectivity index (χ0v) is 28.2. The zero-order valence-electron chi connectivity index (χ0n) is 25.6. The van der Waals surface area contributed by atoms with E-state index >= 15 is 0 Å². The molecule has 1 aromatic heterocycles. The summed E-state index contributed by atoms with van der Waals surface area (Å²) in [6.45, 7) is 8.11. The molecule has 0 bridgehead atoms. The second kappa shape index (κ2) is 12.2. The maximum absolute atomic E-state index is 14.8. The van der Waals surface area contributed by atoms with Crippen molar-refractivity contribution in [2.45, 2.75) is 63.2 Å². The lowest BCUT2D eigenvalue weighted by molar-refractivity contribution is -0.146. The molecule has 0 aliphatic carbocycles. The molecule has 0 saturated carbocycles. The molecule has 10 heteroatoms. The number of anilines is 1. The molecule has 4 aromatic rings. The number of hydrogen-bond donors (Lipinski definition) is 1. The van der Waals surface area contributed by atoms with E-state index in [4.69, 9.17) is 9.47 Å². The topological polar surface area (TPSA) is 89.7 Å². The summed E-state index contributed by atoms with van der Waals surface area (Å²) in [5.41, 5.74) is 2.69. The van der Waals surface area contributed by atoms with Crippen LogP contribution in [0.25, 0.3) is 0 Å². The smallest absolute Gasteiger partial charge is 0.264 e. The first-order chi connectivity index (χ1) is 21.2. The van der Waals surface area contributed by atoms with Gasteiger partial charge in [-0.1, -0.05) is 88.8 Å². The van der Waals surface area contributed by atoms with E-state index in [0.717, 1.165) is 32.7 Å². The fourth-order valence-corrected chi connectivity index (χ4v) is 11.8. The number of aromatic nitrogens is 3. The first-order valence-electron chi connectivity index (χ1n) is 15.2. The van der Waals surface area contributed by atoms with Crippen LogP contribution < -0.4 is 14.8 Å². The monoisotopic (exact) mass is 674 g/mol. The van der Waals surface area contributed by atoms with Crippen molar-refractivity contribution < 1.29 is 19.4 Å². The van der Waals surface area contributed by atoms with E-state index in [2.05, 4.69) is 76.6 Å². The van der Waals surface area contributed by atoms with Crippen LogP contribution in [0.1, 0.15) is 30.2 Å². The average Bonchev–Trinajstić information content (AvgIpc) is 3.67. The van der Waals surface area contributed by atoms with Gasteiger partial charge in [-0.15, -0.1) is 5.10 Å². The van der Waals surface area contributed by atoms with Gasteiger partial charge in [-0.25, -0.2) is 0 Å². The van der Waals surface area contributed by atoms with Crippen LogP contribution in [0, 0.1) is 5.92 Å². The number of carbonyl (C=O) groups is 1. The van der Waals surface area contributed by atoms with Gasteiger partial charge in [0.15, 0.2) is 5.60 Å². The largest absolute Gasteiger partial charge is 0.497 e. The van der Waals surface area contributed by atoms with Crippen LogP contribution in [-0.2, 0) is 34.6 Å². The second-order valence-electron chi connectivity index (χ2n) is 12.4. The lowest BCUT2D eigenvalue weighted by Crippen LogP contribution is -2.51. The Morgan fingerprint density at radius 1 is 1.09 bits per heavy atom. The van der Waals surface area contributed by atoms with Crippen LogP contribution in [0.4, 0.5) is 5.69 Å². The van der Waals surface area contributed by atoms with Crippen LogP contribution in [0.15, 0.2) is 83.5 Å². The number of ether oxygens (including phenoxy) is 2. The lowest BCUT2D eigenvalue weighted by atomic mass is 9.82. The van der Waals surface area contributed by atoms with E-state index in [-0.39, 0.29) is 30.1 Å². The normalized spacial score (nSPS) is 23.0. The summed E-state index contributed by atoms with van der Waals surface area (Å²) in [5, 5.41) is 19.2. The third-order valence-corrected chi connectivity index (χ3v) is 14.4. The molecular formula is C34H39BrN4O4Si. The minimum atomic E-state index is -2.25. The number of aliphatic hydroxyl groups excluding tert-OH is 1. The first kappa shape index (κ1) is 30.7. The number of halogens is 1. The summed E-state index contributed by atoms with van der Waals surface area (Å²) in [5.74, 6) is 0.742. The van der Waals surface area contributed by atoms with Crippen LogP contribution in [0.3, 0.4) is 0 Å². The van der Waals surface area contributed by atoms with Gasteiger partial charge < -0.3 is 19.5 Å². The molecule has 1 fully saturated rings. The Hall–Kier alpha value is -3.31. The Morgan fingerprint density at radius 2 is 1.84 bits per heavy atom. The van der Waals surface area contributed by atoms with E-state index < -0.39 is 13.7 Å². The van der Waals surface area contributed by atoms with Gasteiger partial charge in [0.05, 0.1) is 39.2 Å². The molecule has 44 heavy (non-hydrogen) atoms. The maximum atomic E-state index is 14.8. The highest BCUT2D eigenvalue weighted by Gasteiger charge is 2.66. The van der Waals surface area contributed by atoms with Gasteiger partial charge >= 0.3 is 0 Å². The lowest BCUT2D eigenvalue weighted by Gasteiger charge is -2.37.